The second-order valence-electron chi connectivity index (χ2n) is 12.6. The Morgan fingerprint density at radius 3 is 2.56 bits per heavy atom. The smallest absolute Gasteiger partial charge is 0.422 e. The van der Waals surface area contributed by atoms with Crippen molar-refractivity contribution in [2.45, 2.75) is 101 Å². The van der Waals surface area contributed by atoms with E-state index in [4.69, 9.17) is 18.9 Å². The number of carbonyl (C=O) groups is 2. The average molecular weight is 580 g/mol. The van der Waals surface area contributed by atoms with Crippen molar-refractivity contribution in [1.29, 1.82) is 0 Å². The molecule has 1 aromatic rings. The van der Waals surface area contributed by atoms with E-state index in [1.54, 1.807) is 13.8 Å². The number of benzene rings is 1. The van der Waals surface area contributed by atoms with E-state index in [9.17, 15) is 22.8 Å². The molecule has 5 aliphatic rings. The van der Waals surface area contributed by atoms with Gasteiger partial charge in [-0.05, 0) is 94.7 Å². The summed E-state index contributed by atoms with van der Waals surface area (Å²) in [6, 6.07) is 4.02. The Bertz CT molecular complexity index is 1280. The molecule has 224 valence electrons. The first-order valence-corrected chi connectivity index (χ1v) is 14.3. The lowest BCUT2D eigenvalue weighted by atomic mass is 9.77. The van der Waals surface area contributed by atoms with E-state index in [1.807, 2.05) is 19.1 Å². The molecule has 0 aromatic heterocycles. The average Bonchev–Trinajstić information content (AvgIpc) is 3.55. The first kappa shape index (κ1) is 28.3. The number of hydrogen-bond donors (Lipinski definition) is 0. The first-order valence-electron chi connectivity index (χ1n) is 14.3. The van der Waals surface area contributed by atoms with E-state index < -0.39 is 48.4 Å². The maximum absolute atomic E-state index is 14.1. The third-order valence-corrected chi connectivity index (χ3v) is 9.25. The number of alkyl halides is 3. The minimum absolute atomic E-state index is 0.142. The topological polar surface area (TPSA) is 83.5 Å². The Morgan fingerprint density at radius 2 is 1.83 bits per heavy atom. The van der Waals surface area contributed by atoms with Crippen LogP contribution < -0.4 is 9.47 Å². The number of carbonyl (C=O) groups excluding carboxylic acids is 2. The quantitative estimate of drug-likeness (QED) is 0.357. The lowest BCUT2D eigenvalue weighted by Crippen LogP contribution is -2.54. The van der Waals surface area contributed by atoms with Crippen molar-refractivity contribution in [2.24, 2.45) is 0 Å². The van der Waals surface area contributed by atoms with Gasteiger partial charge in [-0.3, -0.25) is 9.69 Å². The molecule has 0 amide bonds. The van der Waals surface area contributed by atoms with Gasteiger partial charge in [0.2, 0.25) is 6.79 Å². The fraction of sp³-hybridized carbons (Fsp3) is 0.667. The zero-order chi connectivity index (χ0) is 29.2. The van der Waals surface area contributed by atoms with Crippen LogP contribution in [0.15, 0.2) is 23.8 Å². The number of hydrogen-bond acceptors (Lipinski definition) is 8. The number of rotatable bonds is 5. The fourth-order valence-corrected chi connectivity index (χ4v) is 7.64. The second-order valence-corrected chi connectivity index (χ2v) is 12.6. The predicted octanol–water partition coefficient (Wildman–Crippen LogP) is 4.97. The Balaban J connectivity index is 1.34. The van der Waals surface area contributed by atoms with Gasteiger partial charge in [-0.2, -0.15) is 13.2 Å². The van der Waals surface area contributed by atoms with Gasteiger partial charge in [-0.25, -0.2) is 4.79 Å². The van der Waals surface area contributed by atoms with Gasteiger partial charge in [0.05, 0.1) is 17.6 Å². The summed E-state index contributed by atoms with van der Waals surface area (Å²) in [5.74, 6) is -0.778. The Labute approximate surface area is 237 Å². The number of esters is 2. The molecule has 1 aliphatic carbocycles. The number of ether oxygens (including phenoxy) is 5. The summed E-state index contributed by atoms with van der Waals surface area (Å²) in [5.41, 5.74) is 0.160. The van der Waals surface area contributed by atoms with E-state index in [-0.39, 0.29) is 24.7 Å². The van der Waals surface area contributed by atoms with Crippen LogP contribution in [0.25, 0.3) is 0 Å². The van der Waals surface area contributed by atoms with Gasteiger partial charge in [0, 0.05) is 12.5 Å². The highest BCUT2D eigenvalue weighted by molar-refractivity contribution is 5.86. The molecule has 0 N–H and O–H groups in total. The molecule has 4 heterocycles. The number of halogens is 3. The molecule has 11 heteroatoms. The molecule has 2 saturated heterocycles. The lowest BCUT2D eigenvalue weighted by Gasteiger charge is -2.44. The van der Waals surface area contributed by atoms with Crippen LogP contribution in [0.3, 0.4) is 0 Å². The van der Waals surface area contributed by atoms with Gasteiger partial charge >= 0.3 is 18.1 Å². The largest absolute Gasteiger partial charge is 0.456 e. The monoisotopic (exact) mass is 579 g/mol. The highest BCUT2D eigenvalue weighted by Gasteiger charge is 2.58. The SMILES string of the molecule is CC1=C[C@]23CCCN2CCc2cc4c(cc2[C@@H]3C1OC(=O)C1(CC(=O)OCC(F)(F)F)CCCC(C)(C)O1)OCO4. The van der Waals surface area contributed by atoms with Crippen LogP contribution in [-0.4, -0.2) is 72.3 Å². The van der Waals surface area contributed by atoms with Crippen molar-refractivity contribution in [3.63, 3.8) is 0 Å². The third-order valence-electron chi connectivity index (χ3n) is 9.25. The van der Waals surface area contributed by atoms with Crippen LogP contribution >= 0.6 is 0 Å². The number of fused-ring (bicyclic) bond motifs is 3. The Kier molecular flexibility index (Phi) is 6.84. The highest BCUT2D eigenvalue weighted by Crippen LogP contribution is 2.56. The molecular formula is C30H36F3NO7. The van der Waals surface area contributed by atoms with Gasteiger partial charge in [0.25, 0.3) is 0 Å². The van der Waals surface area contributed by atoms with Crippen LogP contribution in [0.1, 0.15) is 76.3 Å². The zero-order valence-corrected chi connectivity index (χ0v) is 23.6. The Hall–Kier alpha value is -2.79. The highest BCUT2D eigenvalue weighted by atomic mass is 19.4. The summed E-state index contributed by atoms with van der Waals surface area (Å²) in [7, 11) is 0. The van der Waals surface area contributed by atoms with Gasteiger partial charge < -0.3 is 23.7 Å². The van der Waals surface area contributed by atoms with Crippen molar-refractivity contribution in [3.8, 4) is 11.5 Å². The maximum Gasteiger partial charge on any atom is 0.422 e. The van der Waals surface area contributed by atoms with Gasteiger partial charge in [-0.15, -0.1) is 0 Å². The molecule has 8 nitrogen and oxygen atoms in total. The van der Waals surface area contributed by atoms with Gasteiger partial charge in [0.15, 0.2) is 23.7 Å². The molecular weight excluding hydrogens is 543 g/mol. The number of nitrogens with zero attached hydrogens (tertiary/aromatic N) is 1. The molecule has 2 fully saturated rings. The van der Waals surface area contributed by atoms with Crippen LogP contribution in [0.2, 0.25) is 0 Å². The first-order chi connectivity index (χ1) is 19.3. The van der Waals surface area contributed by atoms with Crippen LogP contribution in [-0.2, 0) is 30.2 Å². The van der Waals surface area contributed by atoms with Crippen LogP contribution in [0.4, 0.5) is 13.2 Å². The van der Waals surface area contributed by atoms with Crippen LogP contribution in [0.5, 0.6) is 11.5 Å². The van der Waals surface area contributed by atoms with Gasteiger partial charge in [-0.1, -0.05) is 6.08 Å². The van der Waals surface area contributed by atoms with E-state index in [0.717, 1.165) is 49.1 Å². The molecule has 4 atom stereocenters. The third kappa shape index (κ3) is 5.09. The van der Waals surface area contributed by atoms with E-state index in [0.29, 0.717) is 24.3 Å². The zero-order valence-electron chi connectivity index (χ0n) is 23.6. The molecule has 1 spiro atoms. The Morgan fingerprint density at radius 1 is 1.07 bits per heavy atom. The normalized spacial score (nSPS) is 31.9. The van der Waals surface area contributed by atoms with Crippen molar-refractivity contribution in [1.82, 2.24) is 4.90 Å². The fourth-order valence-electron chi connectivity index (χ4n) is 7.64. The minimum atomic E-state index is -4.68. The van der Waals surface area contributed by atoms with Crippen molar-refractivity contribution in [3.05, 3.63) is 34.9 Å². The molecule has 41 heavy (non-hydrogen) atoms. The van der Waals surface area contributed by atoms with Crippen LogP contribution in [0, 0.1) is 0 Å². The predicted molar refractivity (Wildman–Crippen MR) is 140 cm³/mol. The van der Waals surface area contributed by atoms with Crippen molar-refractivity contribution < 1.29 is 46.4 Å². The van der Waals surface area contributed by atoms with Crippen molar-refractivity contribution >= 4 is 11.9 Å². The summed E-state index contributed by atoms with van der Waals surface area (Å²) < 4.78 is 66.7. The summed E-state index contributed by atoms with van der Waals surface area (Å²) in [4.78, 5) is 29.2. The molecule has 0 saturated carbocycles. The molecule has 6 rings (SSSR count). The van der Waals surface area contributed by atoms with E-state index >= 15 is 0 Å². The van der Waals surface area contributed by atoms with Gasteiger partial charge in [0.1, 0.15) is 6.10 Å². The standard InChI is InChI=1S/C30H36F3NO7/c1-18-14-28-8-5-10-34(28)11-6-19-12-21-22(39-17-38-21)13-20(19)24(28)25(18)40-26(36)29(9-4-7-27(2,3)41-29)15-23(35)37-16-30(31,32)33/h12-14,24-25H,4-11,15-17H2,1-3H3/t24-,25?,28+,29?/m1/s1. The molecule has 0 bridgehead atoms. The molecule has 1 aromatic carbocycles. The summed E-state index contributed by atoms with van der Waals surface area (Å²) in [6.45, 7) is 5.74. The van der Waals surface area contributed by atoms with E-state index in [1.165, 1.54) is 0 Å². The minimum Gasteiger partial charge on any atom is -0.456 e. The lowest BCUT2D eigenvalue weighted by molar-refractivity contribution is -0.219. The summed E-state index contributed by atoms with van der Waals surface area (Å²) >= 11 is 0. The summed E-state index contributed by atoms with van der Waals surface area (Å²) in [6.07, 6.45) is 0.263. The maximum atomic E-state index is 14.1. The molecule has 2 unspecified atom stereocenters. The van der Waals surface area contributed by atoms with Crippen molar-refractivity contribution in [2.75, 3.05) is 26.5 Å². The molecule has 4 aliphatic heterocycles. The second kappa shape index (κ2) is 9.90. The molecule has 0 radical (unpaired) electrons. The van der Waals surface area contributed by atoms with E-state index in [2.05, 4.69) is 15.7 Å². The summed E-state index contributed by atoms with van der Waals surface area (Å²) in [5, 5.41) is 0.